The molecule has 7 nitrogen and oxygen atoms in total. The summed E-state index contributed by atoms with van der Waals surface area (Å²) in [6.45, 7) is 0.271. The maximum atomic E-state index is 13.8. The van der Waals surface area contributed by atoms with Gasteiger partial charge < -0.3 is 9.73 Å². The highest BCUT2D eigenvalue weighted by atomic mass is 32.2. The van der Waals surface area contributed by atoms with Crippen LogP contribution >= 0.6 is 0 Å². The molecule has 158 valence electrons. The van der Waals surface area contributed by atoms with Gasteiger partial charge in [-0.05, 0) is 29.8 Å². The maximum Gasteiger partial charge on any atom is 0.242 e. The van der Waals surface area contributed by atoms with Gasteiger partial charge in [0.05, 0.1) is 16.7 Å². The van der Waals surface area contributed by atoms with Crippen molar-refractivity contribution in [2.75, 3.05) is 14.1 Å². The molecule has 9 heteroatoms. The summed E-state index contributed by atoms with van der Waals surface area (Å²) >= 11 is 0. The van der Waals surface area contributed by atoms with Gasteiger partial charge in [-0.15, -0.1) is 0 Å². The maximum absolute atomic E-state index is 13.8. The quantitative estimate of drug-likeness (QED) is 0.592. The lowest BCUT2D eigenvalue weighted by molar-refractivity contribution is -0.121. The van der Waals surface area contributed by atoms with Crippen LogP contribution in [0.1, 0.15) is 17.9 Å². The van der Waals surface area contributed by atoms with Gasteiger partial charge in [0.25, 0.3) is 0 Å². The summed E-state index contributed by atoms with van der Waals surface area (Å²) in [6, 6.07) is 12.6. The van der Waals surface area contributed by atoms with Crippen molar-refractivity contribution in [1.29, 1.82) is 0 Å². The Morgan fingerprint density at radius 1 is 1.13 bits per heavy atom. The topological polar surface area (TPSA) is 92.5 Å². The van der Waals surface area contributed by atoms with Crippen LogP contribution in [0.2, 0.25) is 0 Å². The number of hydrogen-bond donors (Lipinski definition) is 1. The summed E-state index contributed by atoms with van der Waals surface area (Å²) in [7, 11) is -0.542. The van der Waals surface area contributed by atoms with Crippen LogP contribution in [0.25, 0.3) is 11.3 Å². The predicted octanol–water partition coefficient (Wildman–Crippen LogP) is 2.98. The normalized spacial score (nSPS) is 11.6. The fraction of sp³-hybridized carbons (Fsp3) is 0.238. The summed E-state index contributed by atoms with van der Waals surface area (Å²) in [5.41, 5.74) is 1.10. The fourth-order valence-corrected chi connectivity index (χ4v) is 3.61. The second-order valence-corrected chi connectivity index (χ2v) is 8.96. The number of nitrogens with zero attached hydrogens (tertiary/aromatic N) is 2. The lowest BCUT2D eigenvalue weighted by atomic mass is 10.2. The zero-order chi connectivity index (χ0) is 21.7. The molecule has 0 aliphatic rings. The molecular formula is C21H22FN3O4S. The van der Waals surface area contributed by atoms with E-state index in [9.17, 15) is 17.6 Å². The molecule has 0 bridgehead atoms. The van der Waals surface area contributed by atoms with Crippen molar-refractivity contribution in [1.82, 2.24) is 14.6 Å². The van der Waals surface area contributed by atoms with E-state index in [4.69, 9.17) is 4.42 Å². The van der Waals surface area contributed by atoms with Crippen molar-refractivity contribution in [3.63, 3.8) is 0 Å². The smallest absolute Gasteiger partial charge is 0.242 e. The van der Waals surface area contributed by atoms with Gasteiger partial charge >= 0.3 is 0 Å². The zero-order valence-electron chi connectivity index (χ0n) is 16.6. The molecule has 3 aromatic rings. The number of amides is 1. The number of oxazole rings is 1. The van der Waals surface area contributed by atoms with E-state index in [2.05, 4.69) is 10.3 Å². The third-order valence-electron chi connectivity index (χ3n) is 4.45. The molecule has 0 aliphatic carbocycles. The molecule has 30 heavy (non-hydrogen) atoms. The Morgan fingerprint density at radius 3 is 2.50 bits per heavy atom. The third kappa shape index (κ3) is 5.11. The lowest BCUT2D eigenvalue weighted by Gasteiger charge is -2.11. The van der Waals surface area contributed by atoms with E-state index in [0.29, 0.717) is 17.2 Å². The van der Waals surface area contributed by atoms with Gasteiger partial charge in [-0.1, -0.05) is 24.3 Å². The van der Waals surface area contributed by atoms with Crippen LogP contribution in [0.5, 0.6) is 0 Å². The van der Waals surface area contributed by atoms with Crippen molar-refractivity contribution >= 4 is 15.9 Å². The van der Waals surface area contributed by atoms with E-state index in [1.807, 2.05) is 0 Å². The van der Waals surface area contributed by atoms with E-state index in [0.717, 1.165) is 9.87 Å². The van der Waals surface area contributed by atoms with Crippen LogP contribution in [-0.4, -0.2) is 37.7 Å². The predicted molar refractivity (Wildman–Crippen MR) is 109 cm³/mol. The van der Waals surface area contributed by atoms with Crippen molar-refractivity contribution in [3.05, 3.63) is 72.0 Å². The monoisotopic (exact) mass is 431 g/mol. The van der Waals surface area contributed by atoms with E-state index in [-0.39, 0.29) is 30.2 Å². The van der Waals surface area contributed by atoms with Crippen LogP contribution in [0, 0.1) is 5.82 Å². The summed E-state index contributed by atoms with van der Waals surface area (Å²) in [5, 5.41) is 2.77. The van der Waals surface area contributed by atoms with Crippen LogP contribution in [-0.2, 0) is 27.8 Å². The highest BCUT2D eigenvalue weighted by Gasteiger charge is 2.16. The highest BCUT2D eigenvalue weighted by Crippen LogP contribution is 2.23. The number of carbonyl (C=O) groups excluding carboxylic acids is 1. The number of aryl methyl sites for hydroxylation is 1. The average Bonchev–Trinajstić information content (AvgIpc) is 3.20. The van der Waals surface area contributed by atoms with E-state index in [1.165, 1.54) is 38.5 Å². The first-order valence-corrected chi connectivity index (χ1v) is 10.7. The molecule has 1 N–H and O–H groups in total. The first-order chi connectivity index (χ1) is 14.3. The van der Waals surface area contributed by atoms with Crippen LogP contribution in [0.15, 0.2) is 64.0 Å². The molecule has 0 saturated heterocycles. The number of sulfonamides is 1. The van der Waals surface area contributed by atoms with E-state index < -0.39 is 15.8 Å². The standard InChI is InChI=1S/C21H22FN3O4S/c1-25(2)30(27,28)16-9-7-15(8-10-16)13-23-20(26)11-12-21-24-14-19(29-21)17-5-3-4-6-18(17)22/h3-10,14H,11-13H2,1-2H3,(H,23,26). The second kappa shape index (κ2) is 9.19. The first kappa shape index (κ1) is 21.7. The van der Waals surface area contributed by atoms with Crippen molar-refractivity contribution in [3.8, 4) is 11.3 Å². The van der Waals surface area contributed by atoms with Crippen molar-refractivity contribution in [2.24, 2.45) is 0 Å². The Balaban J connectivity index is 1.51. The van der Waals surface area contributed by atoms with E-state index in [1.54, 1.807) is 30.3 Å². The Kier molecular flexibility index (Phi) is 6.63. The summed E-state index contributed by atoms with van der Waals surface area (Å²) in [5.74, 6) is 0.0610. The SMILES string of the molecule is CN(C)S(=O)(=O)c1ccc(CNC(=O)CCc2ncc(-c3ccccc3F)o2)cc1. The second-order valence-electron chi connectivity index (χ2n) is 6.81. The first-order valence-electron chi connectivity index (χ1n) is 9.25. The zero-order valence-corrected chi connectivity index (χ0v) is 17.4. The molecule has 0 spiro atoms. The van der Waals surface area contributed by atoms with Gasteiger partial charge in [-0.25, -0.2) is 22.1 Å². The minimum absolute atomic E-state index is 0.157. The molecule has 2 aromatic carbocycles. The van der Waals surface area contributed by atoms with E-state index >= 15 is 0 Å². The minimum atomic E-state index is -3.48. The third-order valence-corrected chi connectivity index (χ3v) is 6.28. The number of rotatable bonds is 8. The highest BCUT2D eigenvalue weighted by molar-refractivity contribution is 7.89. The number of carbonyl (C=O) groups is 1. The minimum Gasteiger partial charge on any atom is -0.441 e. The Morgan fingerprint density at radius 2 is 1.83 bits per heavy atom. The van der Waals surface area contributed by atoms with Crippen molar-refractivity contribution in [2.45, 2.75) is 24.3 Å². The molecule has 0 fully saturated rings. The van der Waals surface area contributed by atoms with Gasteiger partial charge in [-0.3, -0.25) is 4.79 Å². The Bertz CT molecular complexity index is 1130. The average molecular weight is 431 g/mol. The van der Waals surface area contributed by atoms with Gasteiger partial charge in [0.2, 0.25) is 15.9 Å². The lowest BCUT2D eigenvalue weighted by Crippen LogP contribution is -2.23. The molecule has 1 aromatic heterocycles. The van der Waals surface area contributed by atoms with Gasteiger partial charge in [0.1, 0.15) is 5.82 Å². The molecule has 0 aliphatic heterocycles. The van der Waals surface area contributed by atoms with Crippen LogP contribution in [0.4, 0.5) is 4.39 Å². The number of aromatic nitrogens is 1. The largest absolute Gasteiger partial charge is 0.441 e. The van der Waals surface area contributed by atoms with Gasteiger partial charge in [0, 0.05) is 33.5 Å². The number of halogens is 1. The molecule has 1 heterocycles. The molecule has 1 amide bonds. The van der Waals surface area contributed by atoms with Crippen molar-refractivity contribution < 1.29 is 22.0 Å². The van der Waals surface area contributed by atoms with Crippen LogP contribution in [0.3, 0.4) is 0 Å². The molecule has 0 unspecified atom stereocenters. The fourth-order valence-electron chi connectivity index (χ4n) is 2.71. The Hall–Kier alpha value is -3.04. The Labute approximate surface area is 174 Å². The van der Waals surface area contributed by atoms with Gasteiger partial charge in [-0.2, -0.15) is 0 Å². The summed E-state index contributed by atoms with van der Waals surface area (Å²) in [6.07, 6.45) is 1.87. The molecule has 0 radical (unpaired) electrons. The number of nitrogens with one attached hydrogen (secondary N) is 1. The summed E-state index contributed by atoms with van der Waals surface area (Å²) < 4.78 is 44.6. The number of hydrogen-bond acceptors (Lipinski definition) is 5. The van der Waals surface area contributed by atoms with Gasteiger partial charge in [0.15, 0.2) is 11.7 Å². The molecule has 0 atom stereocenters. The van der Waals surface area contributed by atoms with Crippen LogP contribution < -0.4 is 5.32 Å². The molecule has 0 saturated carbocycles. The summed E-state index contributed by atoms with van der Waals surface area (Å²) in [4.78, 5) is 16.4. The molecule has 3 rings (SSSR count). The number of benzene rings is 2. The molecular weight excluding hydrogens is 409 g/mol.